The number of benzene rings is 2. The Kier molecular flexibility index (Phi) is 3.27. The lowest BCUT2D eigenvalue weighted by molar-refractivity contribution is 0.111. The van der Waals surface area contributed by atoms with Gasteiger partial charge in [0.25, 0.3) is 5.56 Å². The molecule has 0 saturated carbocycles. The maximum Gasteiger partial charge on any atom is 0.266 e. The van der Waals surface area contributed by atoms with E-state index in [1.54, 1.807) is 24.3 Å². The van der Waals surface area contributed by atoms with E-state index in [2.05, 4.69) is 4.98 Å². The molecule has 0 saturated heterocycles. The summed E-state index contributed by atoms with van der Waals surface area (Å²) >= 11 is 6.06. The molecule has 104 valence electrons. The van der Waals surface area contributed by atoms with Crippen LogP contribution < -0.4 is 5.56 Å². The van der Waals surface area contributed by atoms with Crippen molar-refractivity contribution in [3.05, 3.63) is 69.5 Å². The van der Waals surface area contributed by atoms with Crippen LogP contribution in [-0.4, -0.2) is 15.8 Å². The average molecular weight is 303 g/mol. The van der Waals surface area contributed by atoms with E-state index in [1.807, 2.05) is 0 Å². The van der Waals surface area contributed by atoms with Crippen LogP contribution in [0.1, 0.15) is 10.6 Å². The van der Waals surface area contributed by atoms with Crippen molar-refractivity contribution < 1.29 is 9.18 Å². The molecule has 0 aliphatic heterocycles. The molecule has 0 bridgehead atoms. The SMILES string of the molecule is O=Cc1nc2ccc(F)cc2c(=O)n1-c1ccccc1Cl. The van der Waals surface area contributed by atoms with Crippen molar-refractivity contribution in [1.82, 2.24) is 9.55 Å². The highest BCUT2D eigenvalue weighted by Gasteiger charge is 2.14. The summed E-state index contributed by atoms with van der Waals surface area (Å²) in [6.45, 7) is 0. The second-order valence-corrected chi connectivity index (χ2v) is 4.75. The van der Waals surface area contributed by atoms with Gasteiger partial charge < -0.3 is 0 Å². The molecule has 1 aromatic heterocycles. The Morgan fingerprint density at radius 3 is 2.67 bits per heavy atom. The predicted molar refractivity (Wildman–Crippen MR) is 77.7 cm³/mol. The van der Waals surface area contributed by atoms with Gasteiger partial charge in [-0.25, -0.2) is 9.37 Å². The Morgan fingerprint density at radius 2 is 1.95 bits per heavy atom. The minimum absolute atomic E-state index is 0.0838. The quantitative estimate of drug-likeness (QED) is 0.684. The number of aldehydes is 1. The highest BCUT2D eigenvalue weighted by molar-refractivity contribution is 6.32. The van der Waals surface area contributed by atoms with Gasteiger partial charge in [0.1, 0.15) is 5.82 Å². The lowest BCUT2D eigenvalue weighted by atomic mass is 10.2. The lowest BCUT2D eigenvalue weighted by Gasteiger charge is -2.11. The summed E-state index contributed by atoms with van der Waals surface area (Å²) < 4.78 is 14.4. The normalized spacial score (nSPS) is 10.8. The minimum Gasteiger partial charge on any atom is -0.294 e. The van der Waals surface area contributed by atoms with Crippen LogP contribution in [0.2, 0.25) is 5.02 Å². The third kappa shape index (κ3) is 2.21. The lowest BCUT2D eigenvalue weighted by Crippen LogP contribution is -2.24. The first-order chi connectivity index (χ1) is 10.1. The summed E-state index contributed by atoms with van der Waals surface area (Å²) in [5.74, 6) is -0.641. The topological polar surface area (TPSA) is 52.0 Å². The van der Waals surface area contributed by atoms with E-state index >= 15 is 0 Å². The van der Waals surface area contributed by atoms with E-state index in [1.165, 1.54) is 12.1 Å². The van der Waals surface area contributed by atoms with Crippen LogP contribution in [0.5, 0.6) is 0 Å². The molecule has 0 N–H and O–H groups in total. The number of nitrogens with zero attached hydrogens (tertiary/aromatic N) is 2. The second kappa shape index (κ2) is 5.10. The first-order valence-electron chi connectivity index (χ1n) is 6.04. The Bertz CT molecular complexity index is 921. The van der Waals surface area contributed by atoms with Crippen molar-refractivity contribution in [3.63, 3.8) is 0 Å². The number of hydrogen-bond donors (Lipinski definition) is 0. The Balaban J connectivity index is 2.47. The monoisotopic (exact) mass is 302 g/mol. The highest BCUT2D eigenvalue weighted by atomic mass is 35.5. The van der Waals surface area contributed by atoms with Crippen molar-refractivity contribution >= 4 is 28.8 Å². The summed E-state index contributed by atoms with van der Waals surface area (Å²) in [4.78, 5) is 27.9. The van der Waals surface area contributed by atoms with E-state index in [4.69, 9.17) is 11.6 Å². The number of para-hydroxylation sites is 1. The molecule has 0 aliphatic carbocycles. The van der Waals surface area contributed by atoms with E-state index in [0.29, 0.717) is 17.0 Å². The summed E-state index contributed by atoms with van der Waals surface area (Å²) in [7, 11) is 0. The van der Waals surface area contributed by atoms with Gasteiger partial charge in [-0.05, 0) is 30.3 Å². The molecule has 0 aliphatic rings. The molecule has 0 spiro atoms. The fourth-order valence-electron chi connectivity index (χ4n) is 2.12. The molecule has 3 rings (SSSR count). The molecule has 0 fully saturated rings. The summed E-state index contributed by atoms with van der Waals surface area (Å²) in [6.07, 6.45) is 0.466. The fraction of sp³-hybridized carbons (Fsp3) is 0. The predicted octanol–water partition coefficient (Wildman–Crippen LogP) is 2.99. The van der Waals surface area contributed by atoms with Crippen LogP contribution in [0, 0.1) is 5.82 Å². The van der Waals surface area contributed by atoms with Crippen molar-refractivity contribution in [2.75, 3.05) is 0 Å². The zero-order valence-corrected chi connectivity index (χ0v) is 11.3. The summed E-state index contributed by atoms with van der Waals surface area (Å²) in [5, 5.41) is 0.376. The zero-order valence-electron chi connectivity index (χ0n) is 10.6. The third-order valence-corrected chi connectivity index (χ3v) is 3.37. The van der Waals surface area contributed by atoms with Crippen molar-refractivity contribution in [2.45, 2.75) is 0 Å². The molecule has 4 nitrogen and oxygen atoms in total. The average Bonchev–Trinajstić information content (AvgIpc) is 2.49. The molecular formula is C15H8ClFN2O2. The molecule has 0 unspecified atom stereocenters. The molecule has 6 heteroatoms. The molecule has 21 heavy (non-hydrogen) atoms. The molecule has 0 atom stereocenters. The molecule has 3 aromatic rings. The van der Waals surface area contributed by atoms with Gasteiger partial charge in [0.05, 0.1) is 21.6 Å². The van der Waals surface area contributed by atoms with Crippen molar-refractivity contribution in [2.24, 2.45) is 0 Å². The molecule has 2 aromatic carbocycles. The largest absolute Gasteiger partial charge is 0.294 e. The van der Waals surface area contributed by atoms with Crippen LogP contribution in [0.25, 0.3) is 16.6 Å². The van der Waals surface area contributed by atoms with E-state index in [-0.39, 0.29) is 16.7 Å². The molecule has 0 radical (unpaired) electrons. The Labute approximate surface area is 123 Å². The van der Waals surface area contributed by atoms with E-state index < -0.39 is 11.4 Å². The first-order valence-corrected chi connectivity index (χ1v) is 6.42. The van der Waals surface area contributed by atoms with Gasteiger partial charge in [-0.1, -0.05) is 23.7 Å². The van der Waals surface area contributed by atoms with Gasteiger partial charge in [-0.15, -0.1) is 0 Å². The van der Waals surface area contributed by atoms with Gasteiger partial charge >= 0.3 is 0 Å². The zero-order chi connectivity index (χ0) is 15.0. The number of carbonyl (C=O) groups excluding carboxylic acids is 1. The van der Waals surface area contributed by atoms with Crippen molar-refractivity contribution in [3.8, 4) is 5.69 Å². The first kappa shape index (κ1) is 13.5. The van der Waals surface area contributed by atoms with Gasteiger partial charge in [0.15, 0.2) is 12.1 Å². The third-order valence-electron chi connectivity index (χ3n) is 3.05. The second-order valence-electron chi connectivity index (χ2n) is 4.34. The molecular weight excluding hydrogens is 295 g/mol. The van der Waals surface area contributed by atoms with Crippen LogP contribution in [0.15, 0.2) is 47.3 Å². The number of carbonyl (C=O) groups is 1. The molecule has 1 heterocycles. The minimum atomic E-state index is -0.550. The number of hydrogen-bond acceptors (Lipinski definition) is 3. The van der Waals surface area contributed by atoms with E-state index in [0.717, 1.165) is 10.6 Å². The number of rotatable bonds is 2. The van der Waals surface area contributed by atoms with Crippen LogP contribution in [0.3, 0.4) is 0 Å². The smallest absolute Gasteiger partial charge is 0.266 e. The van der Waals surface area contributed by atoms with Gasteiger partial charge in [0.2, 0.25) is 0 Å². The van der Waals surface area contributed by atoms with Crippen LogP contribution in [-0.2, 0) is 0 Å². The number of fused-ring (bicyclic) bond motifs is 1. The Hall–Kier alpha value is -2.53. The van der Waals surface area contributed by atoms with Gasteiger partial charge in [-0.3, -0.25) is 14.2 Å². The summed E-state index contributed by atoms with van der Waals surface area (Å²) in [5.41, 5.74) is 0.0337. The number of halogens is 2. The highest BCUT2D eigenvalue weighted by Crippen LogP contribution is 2.20. The van der Waals surface area contributed by atoms with Crippen molar-refractivity contribution in [1.29, 1.82) is 0 Å². The van der Waals surface area contributed by atoms with E-state index in [9.17, 15) is 14.0 Å². The Morgan fingerprint density at radius 1 is 1.19 bits per heavy atom. The van der Waals surface area contributed by atoms with Crippen LogP contribution >= 0.6 is 11.6 Å². The van der Waals surface area contributed by atoms with Crippen LogP contribution in [0.4, 0.5) is 4.39 Å². The maximum atomic E-state index is 13.3. The maximum absolute atomic E-state index is 13.3. The standard InChI is InChI=1S/C15H8ClFN2O2/c16-11-3-1-2-4-13(11)19-14(8-20)18-12-6-5-9(17)7-10(12)15(19)21/h1-8H. The van der Waals surface area contributed by atoms with Gasteiger partial charge in [0, 0.05) is 0 Å². The fourth-order valence-corrected chi connectivity index (χ4v) is 2.34. The molecule has 0 amide bonds. The number of aromatic nitrogens is 2. The van der Waals surface area contributed by atoms with Gasteiger partial charge in [-0.2, -0.15) is 0 Å². The summed E-state index contributed by atoms with van der Waals surface area (Å²) in [6, 6.07) is 10.2.